The Morgan fingerprint density at radius 3 is 2.57 bits per heavy atom. The minimum absolute atomic E-state index is 0.251. The van der Waals surface area contributed by atoms with Crippen LogP contribution in [0.5, 0.6) is 0 Å². The number of para-hydroxylation sites is 1. The number of H-pyrrole nitrogens is 1. The van der Waals surface area contributed by atoms with Crippen molar-refractivity contribution in [2.75, 3.05) is 0 Å². The van der Waals surface area contributed by atoms with Crippen molar-refractivity contribution in [1.29, 1.82) is 0 Å². The molecule has 1 atom stereocenters. The van der Waals surface area contributed by atoms with Gasteiger partial charge in [-0.05, 0) is 11.6 Å². The number of amides is 1. The number of hydrogen-bond acceptors (Lipinski definition) is 2. The molecule has 0 bridgehead atoms. The van der Waals surface area contributed by atoms with E-state index in [-0.39, 0.29) is 12.3 Å². The molecule has 1 aromatic carbocycles. The van der Waals surface area contributed by atoms with Gasteiger partial charge in [-0.3, -0.25) is 4.79 Å². The lowest BCUT2D eigenvalue weighted by Crippen LogP contribution is -2.46. The van der Waals surface area contributed by atoms with Gasteiger partial charge in [0.2, 0.25) is 5.91 Å². The first-order chi connectivity index (χ1) is 9.79. The molecule has 3 N–H and O–H groups in total. The molecule has 0 unspecified atom stereocenters. The summed E-state index contributed by atoms with van der Waals surface area (Å²) in [7, 11) is 0. The zero-order valence-corrected chi connectivity index (χ0v) is 12.4. The molecule has 0 aliphatic rings. The summed E-state index contributed by atoms with van der Waals surface area (Å²) in [6.07, 6.45) is 2.05. The summed E-state index contributed by atoms with van der Waals surface area (Å²) in [6.45, 7) is 5.27. The second-order valence-corrected chi connectivity index (χ2v) is 6.18. The molecule has 1 amide bonds. The Morgan fingerprint density at radius 1 is 1.29 bits per heavy atom. The standard InChI is InChI=1S/C16H20N2O3/c1-16(2,3)15(21)18-13(14(19)20)8-10-9-17-12-7-5-4-6-11(10)12/h4-7,9,13,17H,8H2,1-3H3,(H,18,21)(H,19,20)/t13-/m0/s1. The highest BCUT2D eigenvalue weighted by molar-refractivity contribution is 5.88. The zero-order chi connectivity index (χ0) is 15.6. The highest BCUT2D eigenvalue weighted by Gasteiger charge is 2.28. The van der Waals surface area contributed by atoms with Gasteiger partial charge in [-0.25, -0.2) is 4.79 Å². The number of hydrogen-bond donors (Lipinski definition) is 3. The molecule has 21 heavy (non-hydrogen) atoms. The maximum atomic E-state index is 12.0. The highest BCUT2D eigenvalue weighted by Crippen LogP contribution is 2.20. The maximum absolute atomic E-state index is 12.0. The van der Waals surface area contributed by atoms with E-state index >= 15 is 0 Å². The summed E-state index contributed by atoms with van der Waals surface area (Å²) in [5, 5.41) is 12.9. The molecular weight excluding hydrogens is 268 g/mol. The monoisotopic (exact) mass is 288 g/mol. The average molecular weight is 288 g/mol. The fraction of sp³-hybridized carbons (Fsp3) is 0.375. The third kappa shape index (κ3) is 3.42. The van der Waals surface area contributed by atoms with Crippen molar-refractivity contribution in [2.24, 2.45) is 5.41 Å². The van der Waals surface area contributed by atoms with Crippen molar-refractivity contribution in [3.8, 4) is 0 Å². The van der Waals surface area contributed by atoms with E-state index in [4.69, 9.17) is 0 Å². The normalized spacial score (nSPS) is 13.1. The fourth-order valence-electron chi connectivity index (χ4n) is 2.10. The average Bonchev–Trinajstić information content (AvgIpc) is 2.80. The molecule has 0 aliphatic heterocycles. The molecule has 0 saturated heterocycles. The Bertz CT molecular complexity index is 667. The number of carboxylic acids is 1. The van der Waals surface area contributed by atoms with Gasteiger partial charge in [-0.1, -0.05) is 39.0 Å². The van der Waals surface area contributed by atoms with Crippen molar-refractivity contribution in [1.82, 2.24) is 10.3 Å². The van der Waals surface area contributed by atoms with Gasteiger partial charge < -0.3 is 15.4 Å². The lowest BCUT2D eigenvalue weighted by Gasteiger charge is -2.21. The predicted molar refractivity (Wildman–Crippen MR) is 81.0 cm³/mol. The summed E-state index contributed by atoms with van der Waals surface area (Å²) in [5.41, 5.74) is 1.22. The lowest BCUT2D eigenvalue weighted by molar-refractivity contribution is -0.143. The van der Waals surface area contributed by atoms with Crippen molar-refractivity contribution in [3.63, 3.8) is 0 Å². The van der Waals surface area contributed by atoms with Gasteiger partial charge in [-0.2, -0.15) is 0 Å². The molecule has 5 nitrogen and oxygen atoms in total. The second-order valence-electron chi connectivity index (χ2n) is 6.18. The van der Waals surface area contributed by atoms with Gasteiger partial charge in [0.15, 0.2) is 0 Å². The summed E-state index contributed by atoms with van der Waals surface area (Å²) in [6, 6.07) is 6.76. The molecular formula is C16H20N2O3. The summed E-state index contributed by atoms with van der Waals surface area (Å²) in [4.78, 5) is 26.5. The summed E-state index contributed by atoms with van der Waals surface area (Å²) < 4.78 is 0. The van der Waals surface area contributed by atoms with E-state index in [1.807, 2.05) is 24.3 Å². The van der Waals surface area contributed by atoms with E-state index in [0.717, 1.165) is 16.5 Å². The Morgan fingerprint density at radius 2 is 1.95 bits per heavy atom. The Hall–Kier alpha value is -2.30. The van der Waals surface area contributed by atoms with Crippen LogP contribution in [0, 0.1) is 5.41 Å². The van der Waals surface area contributed by atoms with E-state index in [1.165, 1.54) is 0 Å². The second kappa shape index (κ2) is 5.60. The van der Waals surface area contributed by atoms with Crippen LogP contribution in [0.3, 0.4) is 0 Å². The number of benzene rings is 1. The number of carboxylic acid groups (broad SMARTS) is 1. The van der Waals surface area contributed by atoms with Crippen molar-refractivity contribution < 1.29 is 14.7 Å². The van der Waals surface area contributed by atoms with E-state index in [2.05, 4.69) is 10.3 Å². The summed E-state index contributed by atoms with van der Waals surface area (Å²) >= 11 is 0. The molecule has 5 heteroatoms. The number of rotatable bonds is 4. The van der Waals surface area contributed by atoms with E-state index in [9.17, 15) is 14.7 Å². The quantitative estimate of drug-likeness (QED) is 0.807. The van der Waals surface area contributed by atoms with E-state index in [0.29, 0.717) is 0 Å². The van der Waals surface area contributed by atoms with Gasteiger partial charge in [0, 0.05) is 28.9 Å². The molecule has 0 fully saturated rings. The first-order valence-electron chi connectivity index (χ1n) is 6.88. The number of aromatic amines is 1. The maximum Gasteiger partial charge on any atom is 0.326 e. The molecule has 1 heterocycles. The molecule has 2 rings (SSSR count). The van der Waals surface area contributed by atoms with Crippen molar-refractivity contribution in [3.05, 3.63) is 36.0 Å². The number of aliphatic carboxylic acids is 1. The predicted octanol–water partition coefficient (Wildman–Crippen LogP) is 2.33. The third-order valence-corrected chi connectivity index (χ3v) is 3.38. The Kier molecular flexibility index (Phi) is 4.02. The fourth-order valence-corrected chi connectivity index (χ4v) is 2.10. The highest BCUT2D eigenvalue weighted by atomic mass is 16.4. The summed E-state index contributed by atoms with van der Waals surface area (Å²) in [5.74, 6) is -1.30. The van der Waals surface area contributed by atoms with Crippen molar-refractivity contribution >= 4 is 22.8 Å². The van der Waals surface area contributed by atoms with Crippen LogP contribution in [0.1, 0.15) is 26.3 Å². The molecule has 0 saturated carbocycles. The first kappa shape index (κ1) is 15.1. The molecule has 0 aliphatic carbocycles. The molecule has 0 radical (unpaired) electrons. The number of carbonyl (C=O) groups excluding carboxylic acids is 1. The van der Waals surface area contributed by atoms with Crippen LogP contribution in [0.15, 0.2) is 30.5 Å². The number of aromatic nitrogens is 1. The van der Waals surface area contributed by atoms with Gasteiger partial charge in [0.05, 0.1) is 0 Å². The SMILES string of the molecule is CC(C)(C)C(=O)N[C@@H](Cc1c[nH]c2ccccc12)C(=O)O. The van der Waals surface area contributed by atoms with Crippen LogP contribution in [-0.2, 0) is 16.0 Å². The van der Waals surface area contributed by atoms with Gasteiger partial charge in [-0.15, -0.1) is 0 Å². The minimum Gasteiger partial charge on any atom is -0.480 e. The first-order valence-corrected chi connectivity index (χ1v) is 6.88. The number of fused-ring (bicyclic) bond motifs is 1. The minimum atomic E-state index is -1.03. The van der Waals surface area contributed by atoms with Gasteiger partial charge >= 0.3 is 5.97 Å². The molecule has 0 spiro atoms. The topological polar surface area (TPSA) is 82.2 Å². The van der Waals surface area contributed by atoms with Crippen LogP contribution >= 0.6 is 0 Å². The number of nitrogens with one attached hydrogen (secondary N) is 2. The van der Waals surface area contributed by atoms with Crippen molar-refractivity contribution in [2.45, 2.75) is 33.2 Å². The van der Waals surface area contributed by atoms with Gasteiger partial charge in [0.25, 0.3) is 0 Å². The third-order valence-electron chi connectivity index (χ3n) is 3.38. The molecule has 2 aromatic rings. The van der Waals surface area contributed by atoms with E-state index in [1.54, 1.807) is 27.0 Å². The number of carbonyl (C=O) groups is 2. The Labute approximate surface area is 123 Å². The lowest BCUT2D eigenvalue weighted by atomic mass is 9.94. The van der Waals surface area contributed by atoms with Gasteiger partial charge in [0.1, 0.15) is 6.04 Å². The Balaban J connectivity index is 2.21. The van der Waals surface area contributed by atoms with Crippen LogP contribution < -0.4 is 5.32 Å². The molecule has 1 aromatic heterocycles. The largest absolute Gasteiger partial charge is 0.480 e. The van der Waals surface area contributed by atoms with Crippen LogP contribution in [0.2, 0.25) is 0 Å². The van der Waals surface area contributed by atoms with E-state index < -0.39 is 17.4 Å². The van der Waals surface area contributed by atoms with Crippen LogP contribution in [-0.4, -0.2) is 28.0 Å². The smallest absolute Gasteiger partial charge is 0.326 e. The molecule has 112 valence electrons. The van der Waals surface area contributed by atoms with Crippen LogP contribution in [0.4, 0.5) is 0 Å². The van der Waals surface area contributed by atoms with Crippen LogP contribution in [0.25, 0.3) is 10.9 Å². The zero-order valence-electron chi connectivity index (χ0n) is 12.4.